The molecule has 5 heteroatoms. The van der Waals surface area contributed by atoms with E-state index in [2.05, 4.69) is 20.1 Å². The summed E-state index contributed by atoms with van der Waals surface area (Å²) in [6, 6.07) is 0. The number of halogens is 1. The first-order chi connectivity index (χ1) is 13.0. The topological polar surface area (TPSA) is 43.4 Å². The second-order valence-electron chi connectivity index (χ2n) is 9.82. The van der Waals surface area contributed by atoms with Crippen molar-refractivity contribution in [1.29, 1.82) is 0 Å². The summed E-state index contributed by atoms with van der Waals surface area (Å²) in [5.41, 5.74) is -1.82. The lowest BCUT2D eigenvalue weighted by Gasteiger charge is -2.63. The van der Waals surface area contributed by atoms with Crippen molar-refractivity contribution < 1.29 is 18.7 Å². The molecular formula is C23H31FO3S. The number of hydrogen-bond donors (Lipinski definition) is 0. The van der Waals surface area contributed by atoms with E-state index < -0.39 is 23.2 Å². The van der Waals surface area contributed by atoms with Crippen molar-refractivity contribution in [2.24, 2.45) is 22.7 Å². The molecule has 7 atom stereocenters. The molecule has 0 bridgehead atoms. The van der Waals surface area contributed by atoms with E-state index in [1.54, 1.807) is 12.2 Å². The maximum Gasteiger partial charge on any atom is 0.303 e. The van der Waals surface area contributed by atoms with E-state index in [4.69, 9.17) is 4.74 Å². The number of ketones is 1. The highest BCUT2D eigenvalue weighted by Gasteiger charge is 2.73. The molecule has 28 heavy (non-hydrogen) atoms. The van der Waals surface area contributed by atoms with Crippen LogP contribution in [0.1, 0.15) is 59.8 Å². The average Bonchev–Trinajstić information content (AvgIpc) is 2.88. The van der Waals surface area contributed by atoms with Gasteiger partial charge >= 0.3 is 5.97 Å². The third-order valence-electron chi connectivity index (χ3n) is 8.91. The molecule has 3 saturated carbocycles. The Morgan fingerprint density at radius 3 is 2.61 bits per heavy atom. The van der Waals surface area contributed by atoms with Crippen LogP contribution in [0.5, 0.6) is 0 Å². The van der Waals surface area contributed by atoms with Crippen LogP contribution in [0.2, 0.25) is 0 Å². The van der Waals surface area contributed by atoms with Gasteiger partial charge < -0.3 is 4.74 Å². The van der Waals surface area contributed by atoms with E-state index in [0.29, 0.717) is 12.8 Å². The van der Waals surface area contributed by atoms with Crippen LogP contribution in [0.3, 0.4) is 0 Å². The van der Waals surface area contributed by atoms with Gasteiger partial charge in [-0.2, -0.15) is 11.8 Å². The number of thioether (sulfide) groups is 1. The first-order valence-corrected chi connectivity index (χ1v) is 11.6. The van der Waals surface area contributed by atoms with Gasteiger partial charge in [0, 0.05) is 23.0 Å². The van der Waals surface area contributed by atoms with Crippen molar-refractivity contribution in [3.63, 3.8) is 0 Å². The van der Waals surface area contributed by atoms with Crippen LogP contribution < -0.4 is 0 Å². The summed E-state index contributed by atoms with van der Waals surface area (Å²) < 4.78 is 23.2. The van der Waals surface area contributed by atoms with Crippen molar-refractivity contribution in [3.8, 4) is 0 Å². The molecule has 0 aliphatic heterocycles. The number of fused-ring (bicyclic) bond motifs is 5. The van der Waals surface area contributed by atoms with E-state index in [9.17, 15) is 9.59 Å². The molecule has 4 aliphatic rings. The Labute approximate surface area is 171 Å². The first kappa shape index (κ1) is 20.2. The highest BCUT2D eigenvalue weighted by molar-refractivity contribution is 8.00. The summed E-state index contributed by atoms with van der Waals surface area (Å²) in [5, 5.41) is 0. The maximum absolute atomic E-state index is 17.4. The number of carbonyl (C=O) groups excluding carboxylic acids is 2. The summed E-state index contributed by atoms with van der Waals surface area (Å²) in [6.45, 7) is 7.85. The van der Waals surface area contributed by atoms with Gasteiger partial charge in [-0.3, -0.25) is 9.59 Å². The number of allylic oxidation sites excluding steroid dienone is 4. The van der Waals surface area contributed by atoms with Crippen molar-refractivity contribution in [2.45, 2.75) is 76.3 Å². The number of hydrogen-bond acceptors (Lipinski definition) is 4. The Hall–Kier alpha value is -1.10. The molecule has 0 amide bonds. The molecular weight excluding hydrogens is 375 g/mol. The quantitative estimate of drug-likeness (QED) is 0.602. The lowest BCUT2D eigenvalue weighted by atomic mass is 9.45. The second kappa shape index (κ2) is 6.20. The molecule has 0 unspecified atom stereocenters. The molecule has 0 N–H and O–H groups in total. The number of esters is 1. The minimum Gasteiger partial charge on any atom is -0.459 e. The predicted molar refractivity (Wildman–Crippen MR) is 110 cm³/mol. The van der Waals surface area contributed by atoms with Crippen molar-refractivity contribution in [2.75, 3.05) is 6.26 Å². The van der Waals surface area contributed by atoms with Crippen LogP contribution in [0.4, 0.5) is 4.39 Å². The van der Waals surface area contributed by atoms with Crippen molar-refractivity contribution >= 4 is 23.5 Å². The van der Waals surface area contributed by atoms with E-state index in [1.165, 1.54) is 13.0 Å². The zero-order chi connectivity index (χ0) is 20.5. The van der Waals surface area contributed by atoms with Gasteiger partial charge in [-0.15, -0.1) is 0 Å². The molecule has 0 aromatic heterocycles. The fourth-order valence-corrected chi connectivity index (χ4v) is 8.06. The maximum atomic E-state index is 17.4. The Kier molecular flexibility index (Phi) is 4.47. The van der Waals surface area contributed by atoms with Gasteiger partial charge in [0.25, 0.3) is 0 Å². The molecule has 3 fully saturated rings. The van der Waals surface area contributed by atoms with Crippen LogP contribution in [0.25, 0.3) is 0 Å². The van der Waals surface area contributed by atoms with Gasteiger partial charge in [-0.25, -0.2) is 4.39 Å². The lowest BCUT2D eigenvalue weighted by Crippen LogP contribution is -2.68. The number of carbonyl (C=O) groups is 2. The molecule has 4 aliphatic carbocycles. The fraction of sp³-hybridized carbons (Fsp3) is 0.739. The molecule has 0 spiro atoms. The fourth-order valence-electron chi connectivity index (χ4n) is 7.04. The summed E-state index contributed by atoms with van der Waals surface area (Å²) in [5.74, 6) is -0.423. The van der Waals surface area contributed by atoms with Crippen LogP contribution in [-0.2, 0) is 14.3 Å². The number of ether oxygens (including phenoxy) is 1. The first-order valence-electron chi connectivity index (χ1n) is 10.4. The summed E-state index contributed by atoms with van der Waals surface area (Å²) in [7, 11) is 0. The summed E-state index contributed by atoms with van der Waals surface area (Å²) in [6.07, 6.45) is 10.2. The van der Waals surface area contributed by atoms with Crippen LogP contribution in [0.15, 0.2) is 23.8 Å². The Balaban J connectivity index is 1.87. The van der Waals surface area contributed by atoms with Crippen LogP contribution in [-0.4, -0.2) is 34.5 Å². The van der Waals surface area contributed by atoms with Gasteiger partial charge in [0.2, 0.25) is 0 Å². The van der Waals surface area contributed by atoms with Gasteiger partial charge in [0.15, 0.2) is 11.5 Å². The van der Waals surface area contributed by atoms with Crippen molar-refractivity contribution in [3.05, 3.63) is 23.8 Å². The van der Waals surface area contributed by atoms with E-state index in [1.807, 2.05) is 18.7 Å². The van der Waals surface area contributed by atoms with E-state index in [0.717, 1.165) is 24.8 Å². The van der Waals surface area contributed by atoms with E-state index >= 15 is 4.39 Å². The van der Waals surface area contributed by atoms with E-state index in [-0.39, 0.29) is 27.8 Å². The summed E-state index contributed by atoms with van der Waals surface area (Å²) >= 11 is 1.87. The Morgan fingerprint density at radius 2 is 1.96 bits per heavy atom. The Morgan fingerprint density at radius 1 is 1.25 bits per heavy atom. The van der Waals surface area contributed by atoms with Gasteiger partial charge in [-0.05, 0) is 75.7 Å². The molecule has 0 radical (unpaired) electrons. The minimum atomic E-state index is -1.69. The van der Waals surface area contributed by atoms with Crippen LogP contribution >= 0.6 is 11.8 Å². The SMILES string of the molecule is CS[C@]1(C)CC[C@H]2[C@@H]3CCC4=CC(=O)C=C[C@]4(C)[C@@]3(F)[C@@H](OC(C)=O)C[C@@]21C. The van der Waals surface area contributed by atoms with Gasteiger partial charge in [0.05, 0.1) is 0 Å². The highest BCUT2D eigenvalue weighted by atomic mass is 32.2. The molecule has 0 aromatic rings. The summed E-state index contributed by atoms with van der Waals surface area (Å²) in [4.78, 5) is 24.0. The van der Waals surface area contributed by atoms with Gasteiger partial charge in [0.1, 0.15) is 6.10 Å². The lowest BCUT2D eigenvalue weighted by molar-refractivity contribution is -0.210. The highest BCUT2D eigenvalue weighted by Crippen LogP contribution is 2.71. The minimum absolute atomic E-state index is 0.0484. The zero-order valence-corrected chi connectivity index (χ0v) is 18.3. The standard InChI is InChI=1S/C23H31FO3S/c1-14(25)27-19-13-21(3)17(9-11-22(21,4)28-5)18-7-6-15-12-16(26)8-10-20(15,2)23(18,19)24/h8,10,12,17-19H,6-7,9,11,13H2,1-5H3/t17-,18-,19-,20-,21-,22+,23-/m0/s1. The van der Waals surface area contributed by atoms with Crippen LogP contribution in [0, 0.1) is 22.7 Å². The monoisotopic (exact) mass is 406 g/mol. The molecule has 0 saturated heterocycles. The third kappa shape index (κ3) is 2.34. The molecule has 154 valence electrons. The van der Waals surface area contributed by atoms with Crippen molar-refractivity contribution in [1.82, 2.24) is 0 Å². The number of alkyl halides is 1. The molecule has 4 rings (SSSR count). The van der Waals surface area contributed by atoms with Gasteiger partial charge in [-0.1, -0.05) is 18.6 Å². The second-order valence-corrected chi connectivity index (χ2v) is 11.1. The Bertz CT molecular complexity index is 791. The normalized spacial score (nSPS) is 49.7. The molecule has 0 heterocycles. The molecule has 3 nitrogen and oxygen atoms in total. The molecule has 0 aromatic carbocycles. The third-order valence-corrected chi connectivity index (χ3v) is 10.5. The smallest absolute Gasteiger partial charge is 0.303 e. The average molecular weight is 407 g/mol. The predicted octanol–water partition coefficient (Wildman–Crippen LogP) is 5.05. The largest absolute Gasteiger partial charge is 0.459 e. The number of rotatable bonds is 2. The zero-order valence-electron chi connectivity index (χ0n) is 17.5.